The topological polar surface area (TPSA) is 26.3 Å². The van der Waals surface area contributed by atoms with Gasteiger partial charge in [-0.3, -0.25) is 4.79 Å². The van der Waals surface area contributed by atoms with Gasteiger partial charge in [0, 0.05) is 11.0 Å². The van der Waals surface area contributed by atoms with Crippen LogP contribution in [0.3, 0.4) is 0 Å². The second-order valence-electron chi connectivity index (χ2n) is 4.40. The van der Waals surface area contributed by atoms with Gasteiger partial charge in [-0.15, -0.1) is 11.8 Å². The third kappa shape index (κ3) is 3.39. The minimum absolute atomic E-state index is 0.00807. The van der Waals surface area contributed by atoms with E-state index in [1.807, 2.05) is 30.0 Å². The van der Waals surface area contributed by atoms with Gasteiger partial charge in [0.2, 0.25) is 0 Å². The van der Waals surface area contributed by atoms with Crippen molar-refractivity contribution in [3.05, 3.63) is 48.0 Å². The zero-order valence-electron chi connectivity index (χ0n) is 10.5. The van der Waals surface area contributed by atoms with Crippen molar-refractivity contribution in [2.45, 2.75) is 23.8 Å². The van der Waals surface area contributed by atoms with Crippen LogP contribution in [0, 0.1) is 5.92 Å². The smallest absolute Gasteiger partial charge is 0.310 e. The highest BCUT2D eigenvalue weighted by molar-refractivity contribution is 7.99. The largest absolute Gasteiger partial charge is 0.469 e. The first-order valence-electron chi connectivity index (χ1n) is 6.21. The molecule has 1 aromatic rings. The van der Waals surface area contributed by atoms with Crippen molar-refractivity contribution in [2.75, 3.05) is 7.11 Å². The van der Waals surface area contributed by atoms with E-state index >= 15 is 0 Å². The first kappa shape index (κ1) is 13.2. The van der Waals surface area contributed by atoms with E-state index in [2.05, 4.69) is 24.3 Å². The van der Waals surface area contributed by atoms with Gasteiger partial charge in [-0.05, 0) is 18.4 Å². The summed E-state index contributed by atoms with van der Waals surface area (Å²) in [6.45, 7) is 0. The van der Waals surface area contributed by atoms with E-state index in [-0.39, 0.29) is 17.1 Å². The number of thioether (sulfide) groups is 1. The molecule has 0 saturated carbocycles. The van der Waals surface area contributed by atoms with Crippen LogP contribution in [-0.2, 0) is 15.3 Å². The highest BCUT2D eigenvalue weighted by atomic mass is 32.2. The predicted molar refractivity (Wildman–Crippen MR) is 75.4 cm³/mol. The molecule has 2 nitrogen and oxygen atoms in total. The Bertz CT molecular complexity index is 414. The van der Waals surface area contributed by atoms with Gasteiger partial charge in [0.25, 0.3) is 0 Å². The summed E-state index contributed by atoms with van der Waals surface area (Å²) >= 11 is 1.81. The summed E-state index contributed by atoms with van der Waals surface area (Å²) in [5.41, 5.74) is 1.30. The van der Waals surface area contributed by atoms with Crippen LogP contribution in [0.5, 0.6) is 0 Å². The fourth-order valence-corrected chi connectivity index (χ4v) is 3.43. The van der Waals surface area contributed by atoms with Gasteiger partial charge in [-0.2, -0.15) is 0 Å². The number of methoxy groups -OCH3 is 1. The van der Waals surface area contributed by atoms with E-state index in [1.54, 1.807) is 0 Å². The molecule has 2 atom stereocenters. The first-order chi connectivity index (χ1) is 8.81. The Morgan fingerprint density at radius 3 is 2.89 bits per heavy atom. The maximum absolute atomic E-state index is 11.7. The van der Waals surface area contributed by atoms with Gasteiger partial charge < -0.3 is 4.74 Å². The summed E-state index contributed by atoms with van der Waals surface area (Å²) in [5, 5.41) is 0.242. The van der Waals surface area contributed by atoms with Crippen molar-refractivity contribution >= 4 is 17.7 Å². The number of allylic oxidation sites excluding steroid dienone is 1. The minimum Gasteiger partial charge on any atom is -0.469 e. The number of esters is 1. The van der Waals surface area contributed by atoms with Gasteiger partial charge >= 0.3 is 5.97 Å². The number of carbonyl (C=O) groups excluding carboxylic acids is 1. The van der Waals surface area contributed by atoms with Crippen molar-refractivity contribution in [3.8, 4) is 0 Å². The number of benzene rings is 1. The second-order valence-corrected chi connectivity index (χ2v) is 5.56. The molecule has 0 heterocycles. The van der Waals surface area contributed by atoms with Crippen LogP contribution in [0.15, 0.2) is 42.5 Å². The number of hydrogen-bond acceptors (Lipinski definition) is 3. The number of rotatable bonds is 4. The molecule has 0 aliphatic heterocycles. The molecule has 0 spiro atoms. The van der Waals surface area contributed by atoms with Crippen LogP contribution in [0.4, 0.5) is 0 Å². The van der Waals surface area contributed by atoms with Gasteiger partial charge in [-0.1, -0.05) is 42.5 Å². The van der Waals surface area contributed by atoms with Gasteiger partial charge in [-0.25, -0.2) is 0 Å². The lowest BCUT2D eigenvalue weighted by atomic mass is 9.94. The standard InChI is InChI=1S/C15H18O2S/c1-17-15(16)13-9-5-6-10-14(13)18-11-12-7-3-2-4-8-12/h2-4,6-8,10,13-14H,5,9,11H2,1H3. The van der Waals surface area contributed by atoms with Gasteiger partial charge in [0.1, 0.15) is 0 Å². The Labute approximate surface area is 112 Å². The molecule has 3 heteroatoms. The molecule has 2 rings (SSSR count). The number of ether oxygens (including phenoxy) is 1. The van der Waals surface area contributed by atoms with Crippen LogP contribution in [-0.4, -0.2) is 18.3 Å². The SMILES string of the molecule is COC(=O)C1CCC=CC1SCc1ccccc1. The Morgan fingerprint density at radius 2 is 2.17 bits per heavy atom. The highest BCUT2D eigenvalue weighted by Gasteiger charge is 2.29. The summed E-state index contributed by atoms with van der Waals surface area (Å²) in [4.78, 5) is 11.7. The Morgan fingerprint density at radius 1 is 1.39 bits per heavy atom. The van der Waals surface area contributed by atoms with E-state index in [0.29, 0.717) is 0 Å². The average Bonchev–Trinajstić information content (AvgIpc) is 2.45. The van der Waals surface area contributed by atoms with Crippen LogP contribution in [0.1, 0.15) is 18.4 Å². The zero-order chi connectivity index (χ0) is 12.8. The summed E-state index contributed by atoms with van der Waals surface area (Å²) in [6, 6.07) is 10.3. The molecule has 1 aliphatic rings. The van der Waals surface area contributed by atoms with Crippen LogP contribution in [0.2, 0.25) is 0 Å². The zero-order valence-corrected chi connectivity index (χ0v) is 11.4. The summed E-state index contributed by atoms with van der Waals surface area (Å²) in [6.07, 6.45) is 6.19. The predicted octanol–water partition coefficient (Wildman–Crippen LogP) is 3.43. The number of hydrogen-bond donors (Lipinski definition) is 0. The Hall–Kier alpha value is -1.22. The molecule has 96 valence electrons. The molecular formula is C15H18O2S. The molecule has 0 radical (unpaired) electrons. The van der Waals surface area contributed by atoms with E-state index in [9.17, 15) is 4.79 Å². The maximum atomic E-state index is 11.7. The fraction of sp³-hybridized carbons (Fsp3) is 0.400. The first-order valence-corrected chi connectivity index (χ1v) is 7.26. The van der Waals surface area contributed by atoms with E-state index in [1.165, 1.54) is 12.7 Å². The quantitative estimate of drug-likeness (QED) is 0.614. The highest BCUT2D eigenvalue weighted by Crippen LogP contribution is 2.31. The van der Waals surface area contributed by atoms with Crippen molar-refractivity contribution in [3.63, 3.8) is 0 Å². The average molecular weight is 262 g/mol. The van der Waals surface area contributed by atoms with Crippen LogP contribution < -0.4 is 0 Å². The van der Waals surface area contributed by atoms with Gasteiger partial charge in [0.15, 0.2) is 0 Å². The third-order valence-electron chi connectivity index (χ3n) is 3.16. The van der Waals surface area contributed by atoms with E-state index in [4.69, 9.17) is 4.74 Å². The molecule has 18 heavy (non-hydrogen) atoms. The minimum atomic E-state index is -0.0788. The molecule has 0 N–H and O–H groups in total. The van der Waals surface area contributed by atoms with Crippen molar-refractivity contribution in [1.82, 2.24) is 0 Å². The lowest BCUT2D eigenvalue weighted by Crippen LogP contribution is -2.27. The molecule has 0 amide bonds. The molecular weight excluding hydrogens is 244 g/mol. The molecule has 0 bridgehead atoms. The molecule has 1 aromatic carbocycles. The van der Waals surface area contributed by atoms with Crippen molar-refractivity contribution < 1.29 is 9.53 Å². The lowest BCUT2D eigenvalue weighted by Gasteiger charge is -2.24. The summed E-state index contributed by atoms with van der Waals surface area (Å²) in [5.74, 6) is 0.863. The van der Waals surface area contributed by atoms with Gasteiger partial charge in [0.05, 0.1) is 13.0 Å². The molecule has 2 unspecified atom stereocenters. The summed E-state index contributed by atoms with van der Waals surface area (Å²) < 4.78 is 4.89. The maximum Gasteiger partial charge on any atom is 0.310 e. The van der Waals surface area contributed by atoms with Crippen molar-refractivity contribution in [2.24, 2.45) is 5.92 Å². The fourth-order valence-electron chi connectivity index (χ4n) is 2.15. The molecule has 0 aromatic heterocycles. The van der Waals surface area contributed by atoms with Crippen LogP contribution >= 0.6 is 11.8 Å². The van der Waals surface area contributed by atoms with Crippen molar-refractivity contribution in [1.29, 1.82) is 0 Å². The Balaban J connectivity index is 1.96. The Kier molecular flexibility index (Phi) is 4.88. The van der Waals surface area contributed by atoms with Crippen LogP contribution in [0.25, 0.3) is 0 Å². The molecule has 0 saturated heterocycles. The summed E-state index contributed by atoms with van der Waals surface area (Å²) in [7, 11) is 1.47. The normalized spacial score (nSPS) is 22.7. The second kappa shape index (κ2) is 6.64. The molecule has 0 fully saturated rings. The number of carbonyl (C=O) groups is 1. The monoisotopic (exact) mass is 262 g/mol. The molecule has 1 aliphatic carbocycles. The third-order valence-corrected chi connectivity index (χ3v) is 4.53. The van der Waals surface area contributed by atoms with E-state index in [0.717, 1.165) is 18.6 Å². The van der Waals surface area contributed by atoms with E-state index < -0.39 is 0 Å². The lowest BCUT2D eigenvalue weighted by molar-refractivity contribution is -0.145.